The van der Waals surface area contributed by atoms with Crippen molar-refractivity contribution in [2.24, 2.45) is 11.8 Å². The first kappa shape index (κ1) is 13.9. The maximum absolute atomic E-state index is 10.2. The fourth-order valence-corrected chi connectivity index (χ4v) is 3.03. The van der Waals surface area contributed by atoms with E-state index in [2.05, 4.69) is 0 Å². The van der Waals surface area contributed by atoms with Gasteiger partial charge in [-0.25, -0.2) is 0 Å². The van der Waals surface area contributed by atoms with Gasteiger partial charge < -0.3 is 29.9 Å². The van der Waals surface area contributed by atoms with Crippen molar-refractivity contribution in [1.29, 1.82) is 0 Å². The average molecular weight is 282 g/mol. The number of hydrogen-bond acceptors (Lipinski definition) is 6. The van der Waals surface area contributed by atoms with Crippen molar-refractivity contribution in [2.75, 3.05) is 6.61 Å². The maximum Gasteiger partial charge on any atom is 0.186 e. The standard InChI is InChI=1S/C14H18O6/c15-6-9-11(16)12(17)10-13(20-14(9,10)18)19-7-8-4-2-1-3-5-8/h1-5,9-13,15-18H,6-7H2. The van der Waals surface area contributed by atoms with Gasteiger partial charge in [0.05, 0.1) is 37.3 Å². The molecule has 2 aliphatic rings. The quantitative estimate of drug-likeness (QED) is 0.577. The lowest BCUT2D eigenvalue weighted by molar-refractivity contribution is -0.440. The molecule has 4 N–H and O–H groups in total. The molecule has 6 nitrogen and oxygen atoms in total. The first-order chi connectivity index (χ1) is 9.58. The predicted octanol–water partition coefficient (Wildman–Crippen LogP) is -0.792. The highest BCUT2D eigenvalue weighted by molar-refractivity contribution is 5.14. The minimum atomic E-state index is -1.71. The molecule has 20 heavy (non-hydrogen) atoms. The molecule has 1 heterocycles. The summed E-state index contributed by atoms with van der Waals surface area (Å²) in [7, 11) is 0. The Morgan fingerprint density at radius 2 is 1.85 bits per heavy atom. The van der Waals surface area contributed by atoms with E-state index in [9.17, 15) is 20.4 Å². The summed E-state index contributed by atoms with van der Waals surface area (Å²) >= 11 is 0. The van der Waals surface area contributed by atoms with Gasteiger partial charge in [0.2, 0.25) is 0 Å². The van der Waals surface area contributed by atoms with Crippen LogP contribution in [0.4, 0.5) is 0 Å². The molecule has 0 radical (unpaired) electrons. The zero-order chi connectivity index (χ0) is 14.3. The highest BCUT2D eigenvalue weighted by Gasteiger charge is 2.71. The lowest BCUT2D eigenvalue weighted by Crippen LogP contribution is -2.63. The third-order valence-corrected chi connectivity index (χ3v) is 4.19. The van der Waals surface area contributed by atoms with Crippen LogP contribution in [-0.2, 0) is 16.1 Å². The highest BCUT2D eigenvalue weighted by Crippen LogP contribution is 2.52. The Balaban J connectivity index is 1.65. The number of fused-ring (bicyclic) bond motifs is 1. The van der Waals surface area contributed by atoms with Gasteiger partial charge in [-0.2, -0.15) is 0 Å². The van der Waals surface area contributed by atoms with Crippen LogP contribution in [0.3, 0.4) is 0 Å². The van der Waals surface area contributed by atoms with E-state index in [1.807, 2.05) is 30.3 Å². The highest BCUT2D eigenvalue weighted by atomic mass is 16.8. The monoisotopic (exact) mass is 282 g/mol. The lowest BCUT2D eigenvalue weighted by atomic mass is 9.89. The minimum absolute atomic E-state index is 0.282. The van der Waals surface area contributed by atoms with Crippen LogP contribution >= 0.6 is 0 Å². The SMILES string of the molecule is OCC1C(O)C(O)C2C(OCc3ccccc3)OC12O. The molecule has 1 aliphatic heterocycles. The van der Waals surface area contributed by atoms with E-state index in [1.165, 1.54) is 0 Å². The predicted molar refractivity (Wildman–Crippen MR) is 67.1 cm³/mol. The zero-order valence-electron chi connectivity index (χ0n) is 10.8. The zero-order valence-corrected chi connectivity index (χ0v) is 10.8. The largest absolute Gasteiger partial charge is 0.396 e. The van der Waals surface area contributed by atoms with Crippen LogP contribution in [-0.4, -0.2) is 51.3 Å². The molecule has 1 aliphatic carbocycles. The van der Waals surface area contributed by atoms with Gasteiger partial charge in [-0.15, -0.1) is 0 Å². The fourth-order valence-electron chi connectivity index (χ4n) is 3.03. The molecule has 1 saturated carbocycles. The van der Waals surface area contributed by atoms with Gasteiger partial charge in [-0.1, -0.05) is 30.3 Å². The van der Waals surface area contributed by atoms with Gasteiger partial charge >= 0.3 is 0 Å². The summed E-state index contributed by atoms with van der Waals surface area (Å²) in [5.41, 5.74) is 0.943. The summed E-state index contributed by atoms with van der Waals surface area (Å²) in [6.45, 7) is -0.179. The molecule has 0 amide bonds. The number of aliphatic hydroxyl groups is 4. The summed E-state index contributed by atoms with van der Waals surface area (Å²) in [4.78, 5) is 0. The van der Waals surface area contributed by atoms with Gasteiger partial charge in [-0.05, 0) is 5.56 Å². The smallest absolute Gasteiger partial charge is 0.186 e. The molecule has 1 saturated heterocycles. The van der Waals surface area contributed by atoms with E-state index >= 15 is 0 Å². The Morgan fingerprint density at radius 3 is 2.50 bits per heavy atom. The molecule has 6 heteroatoms. The topological polar surface area (TPSA) is 99.4 Å². The maximum atomic E-state index is 10.2. The van der Waals surface area contributed by atoms with Crippen molar-refractivity contribution >= 4 is 0 Å². The minimum Gasteiger partial charge on any atom is -0.396 e. The van der Waals surface area contributed by atoms with Crippen molar-refractivity contribution in [3.63, 3.8) is 0 Å². The van der Waals surface area contributed by atoms with E-state index in [1.54, 1.807) is 0 Å². The third-order valence-electron chi connectivity index (χ3n) is 4.19. The van der Waals surface area contributed by atoms with Crippen LogP contribution < -0.4 is 0 Å². The first-order valence-corrected chi connectivity index (χ1v) is 6.60. The Labute approximate surface area is 116 Å². The molecule has 6 atom stereocenters. The van der Waals surface area contributed by atoms with Crippen LogP contribution in [0, 0.1) is 11.8 Å². The summed E-state index contributed by atoms with van der Waals surface area (Å²) < 4.78 is 10.8. The molecule has 0 bridgehead atoms. The molecule has 6 unspecified atom stereocenters. The second-order valence-corrected chi connectivity index (χ2v) is 5.33. The first-order valence-electron chi connectivity index (χ1n) is 6.60. The third kappa shape index (κ3) is 1.96. The van der Waals surface area contributed by atoms with Crippen molar-refractivity contribution < 1.29 is 29.9 Å². The number of rotatable bonds is 4. The van der Waals surface area contributed by atoms with Crippen LogP contribution in [0.1, 0.15) is 5.56 Å². The average Bonchev–Trinajstić information content (AvgIpc) is 2.58. The van der Waals surface area contributed by atoms with Gasteiger partial charge in [0, 0.05) is 0 Å². The molecule has 1 aromatic rings. The molecule has 3 rings (SSSR count). The summed E-state index contributed by atoms with van der Waals surface area (Å²) in [6, 6.07) is 9.44. The van der Waals surface area contributed by atoms with E-state index in [0.717, 1.165) is 5.56 Å². The van der Waals surface area contributed by atoms with Crippen molar-refractivity contribution in [1.82, 2.24) is 0 Å². The van der Waals surface area contributed by atoms with E-state index in [-0.39, 0.29) is 6.61 Å². The van der Waals surface area contributed by atoms with E-state index in [4.69, 9.17) is 9.47 Å². The molecule has 2 fully saturated rings. The van der Waals surface area contributed by atoms with Crippen LogP contribution in [0.15, 0.2) is 30.3 Å². The van der Waals surface area contributed by atoms with Gasteiger partial charge in [0.15, 0.2) is 12.1 Å². The Morgan fingerprint density at radius 1 is 1.15 bits per heavy atom. The van der Waals surface area contributed by atoms with E-state index < -0.39 is 42.7 Å². The number of aliphatic hydroxyl groups excluding tert-OH is 3. The second kappa shape index (κ2) is 5.07. The summed E-state index contributed by atoms with van der Waals surface area (Å²) in [6.07, 6.45) is -3.19. The Bertz CT molecular complexity index is 466. The molecule has 110 valence electrons. The molecule has 1 aromatic carbocycles. The fraction of sp³-hybridized carbons (Fsp3) is 0.571. The molecular weight excluding hydrogens is 264 g/mol. The number of benzene rings is 1. The Kier molecular flexibility index (Phi) is 3.53. The number of ether oxygens (including phenoxy) is 2. The normalized spacial score (nSPS) is 43.1. The van der Waals surface area contributed by atoms with Crippen LogP contribution in [0.25, 0.3) is 0 Å². The van der Waals surface area contributed by atoms with E-state index in [0.29, 0.717) is 0 Å². The lowest BCUT2D eigenvalue weighted by Gasteiger charge is -2.49. The van der Waals surface area contributed by atoms with Crippen molar-refractivity contribution in [2.45, 2.75) is 30.9 Å². The van der Waals surface area contributed by atoms with Gasteiger partial charge in [0.25, 0.3) is 0 Å². The Hall–Kier alpha value is -1.02. The van der Waals surface area contributed by atoms with Crippen molar-refractivity contribution in [3.8, 4) is 0 Å². The molecule has 0 aromatic heterocycles. The van der Waals surface area contributed by atoms with Crippen LogP contribution in [0.2, 0.25) is 0 Å². The second-order valence-electron chi connectivity index (χ2n) is 5.33. The number of hydrogen-bond donors (Lipinski definition) is 4. The van der Waals surface area contributed by atoms with Crippen LogP contribution in [0.5, 0.6) is 0 Å². The molecule has 0 spiro atoms. The van der Waals surface area contributed by atoms with Gasteiger partial charge in [-0.3, -0.25) is 0 Å². The summed E-state index contributed by atoms with van der Waals surface area (Å²) in [5, 5.41) is 39.2. The van der Waals surface area contributed by atoms with Gasteiger partial charge in [0.1, 0.15) is 0 Å². The summed E-state index contributed by atoms with van der Waals surface area (Å²) in [5.74, 6) is -3.38. The van der Waals surface area contributed by atoms with Crippen molar-refractivity contribution in [3.05, 3.63) is 35.9 Å². The molecular formula is C14H18O6.